The first-order chi connectivity index (χ1) is 16.2. The number of oxazole rings is 1. The maximum absolute atomic E-state index is 11.9. The molecule has 0 aliphatic heterocycles. The molecular weight excluding hydrogens is 438 g/mol. The maximum atomic E-state index is 11.9. The van der Waals surface area contributed by atoms with Crippen LogP contribution >= 0.6 is 0 Å². The SMILES string of the molecule is CC(C)(Oc1cccc(CNCc2cccc(-c3nc4ccccc4o3)c2[N+](=O)[O-])c1)C(=O)O. The Morgan fingerprint density at radius 1 is 1.12 bits per heavy atom. The van der Waals surface area contributed by atoms with Gasteiger partial charge in [0.05, 0.1) is 4.92 Å². The molecule has 0 saturated carbocycles. The van der Waals surface area contributed by atoms with Gasteiger partial charge in [-0.2, -0.15) is 0 Å². The summed E-state index contributed by atoms with van der Waals surface area (Å²) in [5.41, 5.74) is 1.40. The predicted octanol–water partition coefficient (Wildman–Crippen LogP) is 4.93. The number of nitro benzene ring substituents is 1. The fourth-order valence-corrected chi connectivity index (χ4v) is 3.51. The lowest BCUT2D eigenvalue weighted by molar-refractivity contribution is -0.385. The van der Waals surface area contributed by atoms with Crippen molar-refractivity contribution in [2.75, 3.05) is 0 Å². The zero-order valence-electron chi connectivity index (χ0n) is 18.6. The van der Waals surface area contributed by atoms with Crippen molar-refractivity contribution in [2.45, 2.75) is 32.5 Å². The molecule has 0 spiro atoms. The Morgan fingerprint density at radius 3 is 2.62 bits per heavy atom. The Morgan fingerprint density at radius 2 is 1.88 bits per heavy atom. The summed E-state index contributed by atoms with van der Waals surface area (Å²) in [7, 11) is 0. The molecule has 0 aliphatic carbocycles. The highest BCUT2D eigenvalue weighted by Gasteiger charge is 2.29. The first-order valence-corrected chi connectivity index (χ1v) is 10.6. The number of carboxylic acids is 1. The number of carboxylic acid groups (broad SMARTS) is 1. The number of aromatic nitrogens is 1. The van der Waals surface area contributed by atoms with Gasteiger partial charge >= 0.3 is 5.97 Å². The van der Waals surface area contributed by atoms with E-state index in [-0.39, 0.29) is 18.1 Å². The van der Waals surface area contributed by atoms with E-state index in [1.165, 1.54) is 13.8 Å². The molecule has 0 fully saturated rings. The predicted molar refractivity (Wildman–Crippen MR) is 125 cm³/mol. The second kappa shape index (κ2) is 9.32. The van der Waals surface area contributed by atoms with Crippen LogP contribution in [-0.2, 0) is 17.9 Å². The van der Waals surface area contributed by atoms with Crippen molar-refractivity contribution in [1.29, 1.82) is 0 Å². The average Bonchev–Trinajstić information content (AvgIpc) is 3.23. The summed E-state index contributed by atoms with van der Waals surface area (Å²) in [6.07, 6.45) is 0. The van der Waals surface area contributed by atoms with Crippen LogP contribution in [0.15, 0.2) is 71.1 Å². The minimum Gasteiger partial charge on any atom is -0.478 e. The van der Waals surface area contributed by atoms with Crippen molar-refractivity contribution in [3.63, 3.8) is 0 Å². The average molecular weight is 461 g/mol. The van der Waals surface area contributed by atoms with Crippen LogP contribution in [0.4, 0.5) is 5.69 Å². The number of para-hydroxylation sites is 3. The smallest absolute Gasteiger partial charge is 0.347 e. The highest BCUT2D eigenvalue weighted by Crippen LogP contribution is 2.34. The third-order valence-electron chi connectivity index (χ3n) is 5.26. The molecule has 0 bridgehead atoms. The number of nitrogens with zero attached hydrogens (tertiary/aromatic N) is 2. The Kier molecular flexibility index (Phi) is 6.29. The number of nitro groups is 1. The molecule has 9 nitrogen and oxygen atoms in total. The third kappa shape index (κ3) is 4.89. The van der Waals surface area contributed by atoms with Crippen LogP contribution in [0.2, 0.25) is 0 Å². The second-order valence-electron chi connectivity index (χ2n) is 8.23. The molecule has 0 atom stereocenters. The quantitative estimate of drug-likeness (QED) is 0.265. The third-order valence-corrected chi connectivity index (χ3v) is 5.26. The summed E-state index contributed by atoms with van der Waals surface area (Å²) < 4.78 is 11.3. The van der Waals surface area contributed by atoms with Gasteiger partial charge in [-0.25, -0.2) is 9.78 Å². The normalized spacial score (nSPS) is 11.5. The molecule has 3 aromatic carbocycles. The number of hydrogen-bond acceptors (Lipinski definition) is 7. The lowest BCUT2D eigenvalue weighted by Crippen LogP contribution is -2.37. The molecule has 1 heterocycles. The molecule has 2 N–H and O–H groups in total. The standard InChI is InChI=1S/C25H23N3O6/c1-25(2,24(29)30)34-18-9-5-7-16(13-18)14-26-15-17-8-6-10-19(22(17)28(31)32)23-27-20-11-3-4-12-21(20)33-23/h3-13,26H,14-15H2,1-2H3,(H,29,30). The van der Waals surface area contributed by atoms with E-state index in [1.54, 1.807) is 48.5 Å². The number of aliphatic carboxylic acids is 1. The molecule has 34 heavy (non-hydrogen) atoms. The highest BCUT2D eigenvalue weighted by atomic mass is 16.6. The van der Waals surface area contributed by atoms with Crippen LogP contribution in [0.3, 0.4) is 0 Å². The van der Waals surface area contributed by atoms with Gasteiger partial charge in [-0.15, -0.1) is 0 Å². The van der Waals surface area contributed by atoms with Gasteiger partial charge in [0.15, 0.2) is 11.2 Å². The monoisotopic (exact) mass is 461 g/mol. The molecule has 4 aromatic rings. The maximum Gasteiger partial charge on any atom is 0.347 e. The number of fused-ring (bicyclic) bond motifs is 1. The van der Waals surface area contributed by atoms with Gasteiger partial charge in [-0.05, 0) is 49.7 Å². The summed E-state index contributed by atoms with van der Waals surface area (Å²) in [6.45, 7) is 3.58. The highest BCUT2D eigenvalue weighted by molar-refractivity contribution is 5.79. The van der Waals surface area contributed by atoms with Crippen molar-refractivity contribution in [1.82, 2.24) is 10.3 Å². The van der Waals surface area contributed by atoms with Crippen LogP contribution in [0.5, 0.6) is 5.75 Å². The van der Waals surface area contributed by atoms with Crippen LogP contribution in [0, 0.1) is 10.1 Å². The van der Waals surface area contributed by atoms with E-state index in [2.05, 4.69) is 10.3 Å². The van der Waals surface area contributed by atoms with Gasteiger partial charge in [0, 0.05) is 18.7 Å². The Labute approximate surface area is 195 Å². The molecule has 0 unspecified atom stereocenters. The number of carbonyl (C=O) groups is 1. The first kappa shape index (κ1) is 22.9. The van der Waals surface area contributed by atoms with E-state index < -0.39 is 16.5 Å². The summed E-state index contributed by atoms with van der Waals surface area (Å²) in [4.78, 5) is 27.2. The molecule has 1 aromatic heterocycles. The fraction of sp³-hybridized carbons (Fsp3) is 0.200. The number of rotatable bonds is 9. The van der Waals surface area contributed by atoms with Gasteiger partial charge in [-0.3, -0.25) is 10.1 Å². The lowest BCUT2D eigenvalue weighted by Gasteiger charge is -2.21. The lowest BCUT2D eigenvalue weighted by atomic mass is 10.1. The van der Waals surface area contributed by atoms with Crippen molar-refractivity contribution >= 4 is 22.8 Å². The van der Waals surface area contributed by atoms with Gasteiger partial charge < -0.3 is 19.6 Å². The van der Waals surface area contributed by atoms with Gasteiger partial charge in [-0.1, -0.05) is 36.4 Å². The first-order valence-electron chi connectivity index (χ1n) is 10.6. The van der Waals surface area contributed by atoms with Gasteiger partial charge in [0.1, 0.15) is 16.8 Å². The fourth-order valence-electron chi connectivity index (χ4n) is 3.51. The van der Waals surface area contributed by atoms with Crippen LogP contribution in [0.1, 0.15) is 25.0 Å². The molecule has 0 saturated heterocycles. The molecule has 0 amide bonds. The molecule has 9 heteroatoms. The molecule has 4 rings (SSSR count). The van der Waals surface area contributed by atoms with Gasteiger partial charge in [0.2, 0.25) is 5.89 Å². The number of ether oxygens (including phenoxy) is 1. The van der Waals surface area contributed by atoms with E-state index in [4.69, 9.17) is 9.15 Å². The van der Waals surface area contributed by atoms with Gasteiger partial charge in [0.25, 0.3) is 5.69 Å². The summed E-state index contributed by atoms with van der Waals surface area (Å²) in [6, 6.07) is 19.3. The topological polar surface area (TPSA) is 128 Å². The summed E-state index contributed by atoms with van der Waals surface area (Å²) in [5, 5.41) is 24.4. The largest absolute Gasteiger partial charge is 0.478 e. The zero-order chi connectivity index (χ0) is 24.3. The van der Waals surface area contributed by atoms with E-state index in [0.717, 1.165) is 5.56 Å². The van der Waals surface area contributed by atoms with E-state index >= 15 is 0 Å². The molecular formula is C25H23N3O6. The number of hydrogen-bond donors (Lipinski definition) is 2. The Balaban J connectivity index is 1.52. The number of benzene rings is 3. The van der Waals surface area contributed by atoms with Crippen LogP contribution in [-0.4, -0.2) is 26.6 Å². The van der Waals surface area contributed by atoms with E-state index in [1.807, 2.05) is 18.2 Å². The van der Waals surface area contributed by atoms with Crippen molar-refractivity contribution in [3.8, 4) is 17.2 Å². The summed E-state index contributed by atoms with van der Waals surface area (Å²) in [5.74, 6) is -0.446. The van der Waals surface area contributed by atoms with Crippen molar-refractivity contribution in [3.05, 3.63) is 88.0 Å². The minimum atomic E-state index is -1.36. The van der Waals surface area contributed by atoms with Crippen LogP contribution in [0.25, 0.3) is 22.6 Å². The molecule has 0 aliphatic rings. The van der Waals surface area contributed by atoms with E-state index in [9.17, 15) is 20.0 Å². The zero-order valence-corrected chi connectivity index (χ0v) is 18.6. The van der Waals surface area contributed by atoms with Crippen molar-refractivity contribution < 1.29 is 24.0 Å². The Hall–Kier alpha value is -4.24. The Bertz CT molecular complexity index is 1330. The second-order valence-corrected chi connectivity index (χ2v) is 8.23. The number of nitrogens with one attached hydrogen (secondary N) is 1. The van der Waals surface area contributed by atoms with E-state index in [0.29, 0.717) is 34.5 Å². The van der Waals surface area contributed by atoms with Crippen LogP contribution < -0.4 is 10.1 Å². The molecule has 0 radical (unpaired) electrons. The van der Waals surface area contributed by atoms with Crippen molar-refractivity contribution in [2.24, 2.45) is 0 Å². The minimum absolute atomic E-state index is 0.0677. The summed E-state index contributed by atoms with van der Waals surface area (Å²) >= 11 is 0. The molecule has 174 valence electrons.